The first-order chi connectivity index (χ1) is 11.8. The van der Waals surface area contributed by atoms with Crippen LogP contribution in [0, 0.1) is 0 Å². The number of amides is 1. The van der Waals surface area contributed by atoms with Crippen LogP contribution in [0.1, 0.15) is 25.5 Å². The van der Waals surface area contributed by atoms with Gasteiger partial charge in [-0.15, -0.1) is 0 Å². The molecular formula is C18H29N5O. The van der Waals surface area contributed by atoms with E-state index in [-0.39, 0.29) is 11.9 Å². The molecule has 2 N–H and O–H groups in total. The monoisotopic (exact) mass is 331 g/mol. The molecule has 2 fully saturated rings. The molecule has 0 radical (unpaired) electrons. The number of carbonyl (C=O) groups excluding carboxylic acids is 1. The predicted octanol–water partition coefficient (Wildman–Crippen LogP) is 0.456. The number of carbonyl (C=O) groups is 1. The standard InChI is InChI=1S/C18H29N5O/c1-2-22-10-6-16(7-11-22)23-12-9-20-17(14-23)18(24)21-13-15-5-3-4-8-19-15/h3-5,8,16-17,20H,2,6-7,9-14H2,1H3,(H,21,24). The van der Waals surface area contributed by atoms with Crippen LogP contribution in [0.5, 0.6) is 0 Å². The molecular weight excluding hydrogens is 302 g/mol. The lowest BCUT2D eigenvalue weighted by molar-refractivity contribution is -0.124. The van der Waals surface area contributed by atoms with Crippen LogP contribution >= 0.6 is 0 Å². The summed E-state index contributed by atoms with van der Waals surface area (Å²) in [5.74, 6) is 0.0800. The number of aromatic nitrogens is 1. The van der Waals surface area contributed by atoms with Gasteiger partial charge in [0.25, 0.3) is 0 Å². The molecule has 1 amide bonds. The van der Waals surface area contributed by atoms with Crippen molar-refractivity contribution < 1.29 is 4.79 Å². The molecule has 2 saturated heterocycles. The highest BCUT2D eigenvalue weighted by Gasteiger charge is 2.31. The Morgan fingerprint density at radius 3 is 2.88 bits per heavy atom. The highest BCUT2D eigenvalue weighted by atomic mass is 16.2. The molecule has 3 rings (SSSR count). The predicted molar refractivity (Wildman–Crippen MR) is 94.6 cm³/mol. The number of piperazine rings is 1. The molecule has 3 heterocycles. The SMILES string of the molecule is CCN1CCC(N2CCNC(C(=O)NCc3ccccn3)C2)CC1. The maximum absolute atomic E-state index is 12.5. The third kappa shape index (κ3) is 4.53. The van der Waals surface area contributed by atoms with Crippen molar-refractivity contribution >= 4 is 5.91 Å². The van der Waals surface area contributed by atoms with E-state index in [0.29, 0.717) is 12.6 Å². The summed E-state index contributed by atoms with van der Waals surface area (Å²) in [6.07, 6.45) is 4.19. The molecule has 1 aromatic rings. The van der Waals surface area contributed by atoms with Crippen molar-refractivity contribution in [2.45, 2.75) is 38.4 Å². The van der Waals surface area contributed by atoms with Crippen LogP contribution in [0.2, 0.25) is 0 Å². The van der Waals surface area contributed by atoms with Crippen LogP contribution in [0.4, 0.5) is 0 Å². The van der Waals surface area contributed by atoms with Crippen LogP contribution in [0.15, 0.2) is 24.4 Å². The summed E-state index contributed by atoms with van der Waals surface area (Å²) in [5.41, 5.74) is 0.894. The van der Waals surface area contributed by atoms with Gasteiger partial charge in [0, 0.05) is 31.9 Å². The second-order valence-electron chi connectivity index (χ2n) is 6.71. The zero-order chi connectivity index (χ0) is 16.8. The quantitative estimate of drug-likeness (QED) is 0.821. The molecule has 0 saturated carbocycles. The van der Waals surface area contributed by atoms with E-state index in [4.69, 9.17) is 0 Å². The lowest BCUT2D eigenvalue weighted by Crippen LogP contribution is -2.60. The van der Waals surface area contributed by atoms with E-state index in [1.165, 1.54) is 25.9 Å². The number of hydrogen-bond acceptors (Lipinski definition) is 5. The van der Waals surface area contributed by atoms with Gasteiger partial charge in [0.05, 0.1) is 18.3 Å². The van der Waals surface area contributed by atoms with Crippen molar-refractivity contribution in [2.75, 3.05) is 39.3 Å². The zero-order valence-electron chi connectivity index (χ0n) is 14.6. The number of likely N-dealkylation sites (tertiary alicyclic amines) is 1. The first kappa shape index (κ1) is 17.3. The minimum Gasteiger partial charge on any atom is -0.349 e. The minimum atomic E-state index is -0.119. The highest BCUT2D eigenvalue weighted by molar-refractivity contribution is 5.82. The normalized spacial score (nSPS) is 24.0. The van der Waals surface area contributed by atoms with Gasteiger partial charge in [-0.25, -0.2) is 0 Å². The molecule has 0 aliphatic carbocycles. The number of nitrogens with zero attached hydrogens (tertiary/aromatic N) is 3. The first-order valence-electron chi connectivity index (χ1n) is 9.13. The van der Waals surface area contributed by atoms with Crippen LogP contribution in [-0.2, 0) is 11.3 Å². The molecule has 132 valence electrons. The Labute approximate surface area is 144 Å². The van der Waals surface area contributed by atoms with Crippen LogP contribution < -0.4 is 10.6 Å². The Hall–Kier alpha value is -1.50. The molecule has 0 aromatic carbocycles. The van der Waals surface area contributed by atoms with E-state index in [1.54, 1.807) is 6.20 Å². The van der Waals surface area contributed by atoms with Gasteiger partial charge in [0.15, 0.2) is 0 Å². The Kier molecular flexibility index (Phi) is 6.18. The summed E-state index contributed by atoms with van der Waals surface area (Å²) in [7, 11) is 0. The Balaban J connectivity index is 1.47. The first-order valence-corrected chi connectivity index (χ1v) is 9.13. The van der Waals surface area contributed by atoms with Gasteiger partial charge >= 0.3 is 0 Å². The van der Waals surface area contributed by atoms with Crippen molar-refractivity contribution in [1.29, 1.82) is 0 Å². The fraction of sp³-hybridized carbons (Fsp3) is 0.667. The van der Waals surface area contributed by atoms with Gasteiger partial charge < -0.3 is 15.5 Å². The molecule has 1 atom stereocenters. The van der Waals surface area contributed by atoms with Gasteiger partial charge in [0.1, 0.15) is 0 Å². The Morgan fingerprint density at radius 2 is 2.17 bits per heavy atom. The summed E-state index contributed by atoms with van der Waals surface area (Å²) in [5, 5.41) is 6.37. The molecule has 1 aromatic heterocycles. The summed E-state index contributed by atoms with van der Waals surface area (Å²) < 4.78 is 0. The summed E-state index contributed by atoms with van der Waals surface area (Å²) in [4.78, 5) is 21.7. The molecule has 0 spiro atoms. The van der Waals surface area contributed by atoms with E-state index in [1.807, 2.05) is 18.2 Å². The minimum absolute atomic E-state index is 0.0800. The fourth-order valence-electron chi connectivity index (χ4n) is 3.68. The third-order valence-electron chi connectivity index (χ3n) is 5.21. The number of hydrogen-bond donors (Lipinski definition) is 2. The molecule has 6 heteroatoms. The molecule has 1 unspecified atom stereocenters. The van der Waals surface area contributed by atoms with Crippen LogP contribution in [-0.4, -0.2) is 72.0 Å². The van der Waals surface area contributed by atoms with Gasteiger partial charge in [-0.2, -0.15) is 0 Å². The number of rotatable bonds is 5. The third-order valence-corrected chi connectivity index (χ3v) is 5.21. The summed E-state index contributed by atoms with van der Waals surface area (Å²) >= 11 is 0. The van der Waals surface area contributed by atoms with E-state index in [9.17, 15) is 4.79 Å². The number of pyridine rings is 1. The van der Waals surface area contributed by atoms with E-state index < -0.39 is 0 Å². The average Bonchev–Trinajstić information content (AvgIpc) is 2.67. The van der Waals surface area contributed by atoms with E-state index >= 15 is 0 Å². The zero-order valence-corrected chi connectivity index (χ0v) is 14.6. The summed E-state index contributed by atoms with van der Waals surface area (Å²) in [6.45, 7) is 8.97. The number of piperidine rings is 1. The van der Waals surface area contributed by atoms with Gasteiger partial charge in [0.2, 0.25) is 5.91 Å². The van der Waals surface area contributed by atoms with Gasteiger partial charge in [-0.1, -0.05) is 13.0 Å². The Bertz CT molecular complexity index is 515. The van der Waals surface area contributed by atoms with E-state index in [0.717, 1.165) is 31.9 Å². The molecule has 2 aliphatic rings. The average molecular weight is 331 g/mol. The van der Waals surface area contributed by atoms with Gasteiger partial charge in [-0.05, 0) is 44.6 Å². The maximum Gasteiger partial charge on any atom is 0.238 e. The van der Waals surface area contributed by atoms with Crippen molar-refractivity contribution in [2.24, 2.45) is 0 Å². The second-order valence-corrected chi connectivity index (χ2v) is 6.71. The fourth-order valence-corrected chi connectivity index (χ4v) is 3.68. The van der Waals surface area contributed by atoms with E-state index in [2.05, 4.69) is 32.3 Å². The van der Waals surface area contributed by atoms with Gasteiger partial charge in [-0.3, -0.25) is 14.7 Å². The smallest absolute Gasteiger partial charge is 0.238 e. The lowest BCUT2D eigenvalue weighted by Gasteiger charge is -2.42. The topological polar surface area (TPSA) is 60.5 Å². The second kappa shape index (κ2) is 8.55. The Morgan fingerprint density at radius 1 is 1.33 bits per heavy atom. The molecule has 0 bridgehead atoms. The summed E-state index contributed by atoms with van der Waals surface area (Å²) in [6, 6.07) is 6.27. The molecule has 2 aliphatic heterocycles. The molecule has 24 heavy (non-hydrogen) atoms. The van der Waals surface area contributed by atoms with Crippen LogP contribution in [0.3, 0.4) is 0 Å². The highest BCUT2D eigenvalue weighted by Crippen LogP contribution is 2.18. The maximum atomic E-state index is 12.5. The molecule has 6 nitrogen and oxygen atoms in total. The van der Waals surface area contributed by atoms with Crippen molar-refractivity contribution in [1.82, 2.24) is 25.4 Å². The number of nitrogens with one attached hydrogen (secondary N) is 2. The van der Waals surface area contributed by atoms with Crippen molar-refractivity contribution in [3.63, 3.8) is 0 Å². The lowest BCUT2D eigenvalue weighted by atomic mass is 10.0. The van der Waals surface area contributed by atoms with Crippen LogP contribution in [0.25, 0.3) is 0 Å². The largest absolute Gasteiger partial charge is 0.349 e. The van der Waals surface area contributed by atoms with Crippen molar-refractivity contribution in [3.8, 4) is 0 Å². The van der Waals surface area contributed by atoms with Crippen molar-refractivity contribution in [3.05, 3.63) is 30.1 Å².